The molecule has 126 valence electrons. The molecule has 1 fully saturated rings. The summed E-state index contributed by atoms with van der Waals surface area (Å²) in [4.78, 5) is 25.8. The van der Waals surface area contributed by atoms with Gasteiger partial charge >= 0.3 is 0 Å². The van der Waals surface area contributed by atoms with Crippen LogP contribution in [-0.2, 0) is 9.59 Å². The van der Waals surface area contributed by atoms with Crippen molar-refractivity contribution in [3.8, 4) is 0 Å². The van der Waals surface area contributed by atoms with Crippen LogP contribution in [0.25, 0.3) is 0 Å². The van der Waals surface area contributed by atoms with Crippen molar-refractivity contribution in [1.82, 2.24) is 4.90 Å². The second kappa shape index (κ2) is 8.14. The summed E-state index contributed by atoms with van der Waals surface area (Å²) < 4.78 is 0. The molecule has 0 aromatic heterocycles. The van der Waals surface area contributed by atoms with E-state index in [0.717, 1.165) is 23.2 Å². The third-order valence-corrected chi connectivity index (χ3v) is 4.71. The predicted molar refractivity (Wildman–Crippen MR) is 93.4 cm³/mol. The van der Waals surface area contributed by atoms with Crippen LogP contribution in [0.3, 0.4) is 0 Å². The fraction of sp³-hybridized carbons (Fsp3) is 0.579. The Morgan fingerprint density at radius 3 is 2.61 bits per heavy atom. The molecule has 1 aromatic carbocycles. The summed E-state index contributed by atoms with van der Waals surface area (Å²) in [7, 11) is 1.71. The number of nitrogens with one attached hydrogen (secondary N) is 1. The number of nitrogens with zero attached hydrogens (tertiary/aromatic N) is 1. The molecule has 0 spiro atoms. The molecule has 0 aliphatic heterocycles. The number of anilines is 1. The van der Waals surface area contributed by atoms with E-state index in [-0.39, 0.29) is 18.4 Å². The largest absolute Gasteiger partial charge is 0.336 e. The normalized spacial score (nSPS) is 14.7. The highest BCUT2D eigenvalue weighted by Gasteiger charge is 2.18. The molecule has 1 aliphatic rings. The number of aryl methyl sites for hydroxylation is 2. The van der Waals surface area contributed by atoms with Gasteiger partial charge in [-0.15, -0.1) is 0 Å². The van der Waals surface area contributed by atoms with Crippen molar-refractivity contribution in [3.63, 3.8) is 0 Å². The summed E-state index contributed by atoms with van der Waals surface area (Å²) >= 11 is 0. The van der Waals surface area contributed by atoms with Crippen LogP contribution in [0.4, 0.5) is 5.69 Å². The van der Waals surface area contributed by atoms with Gasteiger partial charge in [-0.2, -0.15) is 0 Å². The van der Waals surface area contributed by atoms with Crippen LogP contribution in [0.2, 0.25) is 0 Å². The maximum absolute atomic E-state index is 12.2. The highest BCUT2D eigenvalue weighted by molar-refractivity contribution is 5.95. The first kappa shape index (κ1) is 17.5. The van der Waals surface area contributed by atoms with Crippen molar-refractivity contribution in [3.05, 3.63) is 29.3 Å². The van der Waals surface area contributed by atoms with E-state index >= 15 is 0 Å². The number of carbonyl (C=O) groups excluding carboxylic acids is 2. The van der Waals surface area contributed by atoms with E-state index in [9.17, 15) is 9.59 Å². The van der Waals surface area contributed by atoms with Crippen LogP contribution in [0, 0.1) is 19.8 Å². The maximum Gasteiger partial charge on any atom is 0.243 e. The van der Waals surface area contributed by atoms with Crippen LogP contribution in [-0.4, -0.2) is 30.3 Å². The number of likely N-dealkylation sites (N-methyl/N-ethyl adjacent to an activating group) is 1. The molecule has 0 heterocycles. The number of amides is 2. The second-order valence-electron chi connectivity index (χ2n) is 6.81. The lowest BCUT2D eigenvalue weighted by Gasteiger charge is -2.18. The lowest BCUT2D eigenvalue weighted by molar-refractivity contribution is -0.133. The molecule has 4 heteroatoms. The first-order valence-electron chi connectivity index (χ1n) is 8.57. The maximum atomic E-state index is 12.2. The van der Waals surface area contributed by atoms with Gasteiger partial charge in [-0.25, -0.2) is 0 Å². The van der Waals surface area contributed by atoms with Crippen LogP contribution < -0.4 is 5.32 Å². The summed E-state index contributed by atoms with van der Waals surface area (Å²) in [6.07, 6.45) is 6.62. The van der Waals surface area contributed by atoms with E-state index < -0.39 is 0 Å². The van der Waals surface area contributed by atoms with Gasteiger partial charge in [-0.1, -0.05) is 37.8 Å². The summed E-state index contributed by atoms with van der Waals surface area (Å²) in [6.45, 7) is 4.07. The predicted octanol–water partition coefficient (Wildman–Crippen LogP) is 3.67. The van der Waals surface area contributed by atoms with Crippen molar-refractivity contribution in [2.75, 3.05) is 18.9 Å². The molecule has 2 amide bonds. The first-order chi connectivity index (χ1) is 11.0. The highest BCUT2D eigenvalue weighted by atomic mass is 16.2. The lowest BCUT2D eigenvalue weighted by Crippen LogP contribution is -2.35. The quantitative estimate of drug-likeness (QED) is 0.870. The molecule has 0 saturated heterocycles. The smallest absolute Gasteiger partial charge is 0.243 e. The molecular weight excluding hydrogens is 288 g/mol. The van der Waals surface area contributed by atoms with Crippen LogP contribution in [0.5, 0.6) is 0 Å². The van der Waals surface area contributed by atoms with E-state index in [1.807, 2.05) is 32.0 Å². The Kier molecular flexibility index (Phi) is 6.20. The Balaban J connectivity index is 1.79. The minimum Gasteiger partial charge on any atom is -0.336 e. The molecule has 0 unspecified atom stereocenters. The zero-order valence-corrected chi connectivity index (χ0v) is 14.5. The standard InChI is InChI=1S/C19H28N2O2/c1-14-8-9-15(2)17(12-14)20-18(22)13-21(3)19(23)11-10-16-6-4-5-7-16/h8-9,12,16H,4-7,10-11,13H2,1-3H3,(H,20,22). The van der Waals surface area contributed by atoms with Gasteiger partial charge in [0.05, 0.1) is 6.54 Å². The van der Waals surface area contributed by atoms with Crippen molar-refractivity contribution >= 4 is 17.5 Å². The average molecular weight is 316 g/mol. The van der Waals surface area contributed by atoms with Crippen molar-refractivity contribution in [1.29, 1.82) is 0 Å². The van der Waals surface area contributed by atoms with E-state index in [1.165, 1.54) is 30.6 Å². The number of hydrogen-bond donors (Lipinski definition) is 1. The SMILES string of the molecule is Cc1ccc(C)c(NC(=O)CN(C)C(=O)CCC2CCCC2)c1. The Bertz CT molecular complexity index is 562. The summed E-state index contributed by atoms with van der Waals surface area (Å²) in [5.41, 5.74) is 2.95. The molecule has 0 atom stereocenters. The minimum atomic E-state index is -0.143. The van der Waals surface area contributed by atoms with E-state index in [4.69, 9.17) is 0 Å². The average Bonchev–Trinajstić information content (AvgIpc) is 3.01. The minimum absolute atomic E-state index is 0.0630. The van der Waals surface area contributed by atoms with Gasteiger partial charge in [0.15, 0.2) is 0 Å². The summed E-state index contributed by atoms with van der Waals surface area (Å²) in [6, 6.07) is 5.96. The fourth-order valence-corrected chi connectivity index (χ4v) is 3.18. The van der Waals surface area contributed by atoms with E-state index in [0.29, 0.717) is 12.3 Å². The number of carbonyl (C=O) groups is 2. The van der Waals surface area contributed by atoms with Crippen molar-refractivity contribution < 1.29 is 9.59 Å². The van der Waals surface area contributed by atoms with Gasteiger partial charge in [0.2, 0.25) is 11.8 Å². The van der Waals surface area contributed by atoms with Crippen LogP contribution >= 0.6 is 0 Å². The Hall–Kier alpha value is -1.84. The van der Waals surface area contributed by atoms with Gasteiger partial charge in [-0.3, -0.25) is 9.59 Å². The van der Waals surface area contributed by atoms with Gasteiger partial charge in [0, 0.05) is 19.2 Å². The van der Waals surface area contributed by atoms with Gasteiger partial charge in [0.1, 0.15) is 0 Å². The Labute approximate surface area is 139 Å². The molecule has 23 heavy (non-hydrogen) atoms. The number of hydrogen-bond acceptors (Lipinski definition) is 2. The zero-order valence-electron chi connectivity index (χ0n) is 14.5. The molecule has 1 aromatic rings. The molecule has 0 radical (unpaired) electrons. The molecule has 1 N–H and O–H groups in total. The molecule has 0 bridgehead atoms. The highest BCUT2D eigenvalue weighted by Crippen LogP contribution is 2.28. The molecule has 2 rings (SSSR count). The van der Waals surface area contributed by atoms with E-state index in [2.05, 4.69) is 5.32 Å². The molecule has 1 saturated carbocycles. The van der Waals surface area contributed by atoms with E-state index in [1.54, 1.807) is 7.05 Å². The van der Waals surface area contributed by atoms with Crippen LogP contribution in [0.15, 0.2) is 18.2 Å². The molecular formula is C19H28N2O2. The summed E-state index contributed by atoms with van der Waals surface area (Å²) in [5, 5.41) is 2.90. The first-order valence-corrected chi connectivity index (χ1v) is 8.57. The van der Waals surface area contributed by atoms with Gasteiger partial charge < -0.3 is 10.2 Å². The number of rotatable bonds is 6. The zero-order chi connectivity index (χ0) is 16.8. The third kappa shape index (κ3) is 5.38. The van der Waals surface area contributed by atoms with Crippen molar-refractivity contribution in [2.24, 2.45) is 5.92 Å². The van der Waals surface area contributed by atoms with Gasteiger partial charge in [-0.05, 0) is 43.4 Å². The summed E-state index contributed by atoms with van der Waals surface area (Å²) in [5.74, 6) is 0.625. The Morgan fingerprint density at radius 2 is 1.91 bits per heavy atom. The van der Waals surface area contributed by atoms with Crippen molar-refractivity contribution in [2.45, 2.75) is 52.4 Å². The number of benzene rings is 1. The Morgan fingerprint density at radius 1 is 1.22 bits per heavy atom. The lowest BCUT2D eigenvalue weighted by atomic mass is 10.0. The third-order valence-electron chi connectivity index (χ3n) is 4.71. The second-order valence-corrected chi connectivity index (χ2v) is 6.81. The molecule has 1 aliphatic carbocycles. The topological polar surface area (TPSA) is 49.4 Å². The fourth-order valence-electron chi connectivity index (χ4n) is 3.18. The molecule has 4 nitrogen and oxygen atoms in total. The van der Waals surface area contributed by atoms with Crippen LogP contribution in [0.1, 0.15) is 49.7 Å². The monoisotopic (exact) mass is 316 g/mol. The van der Waals surface area contributed by atoms with Gasteiger partial charge in [0.25, 0.3) is 0 Å².